The van der Waals surface area contributed by atoms with Crippen molar-refractivity contribution in [3.8, 4) is 22.8 Å². The molecule has 92 valence electrons. The van der Waals surface area contributed by atoms with Crippen LogP contribution < -0.4 is 15.2 Å². The van der Waals surface area contributed by atoms with E-state index in [9.17, 15) is 4.39 Å². The van der Waals surface area contributed by atoms with Gasteiger partial charge < -0.3 is 15.2 Å². The lowest BCUT2D eigenvalue weighted by molar-refractivity contribution is 0.171. The largest absolute Gasteiger partial charge is 0.486 e. The number of nitrogen functional groups attached to an aromatic ring is 1. The van der Waals surface area contributed by atoms with Crippen molar-refractivity contribution in [1.29, 1.82) is 0 Å². The van der Waals surface area contributed by atoms with Gasteiger partial charge in [0, 0.05) is 5.56 Å². The number of hydrogen-bond acceptors (Lipinski definition) is 5. The molecule has 1 aromatic carbocycles. The van der Waals surface area contributed by atoms with Gasteiger partial charge in [-0.1, -0.05) is 0 Å². The maximum Gasteiger partial charge on any atom is 0.220 e. The zero-order valence-corrected chi connectivity index (χ0v) is 9.39. The van der Waals surface area contributed by atoms with Crippen LogP contribution in [-0.2, 0) is 0 Å². The Labute approximate surface area is 102 Å². The summed E-state index contributed by atoms with van der Waals surface area (Å²) >= 11 is 0. The number of hydrogen-bond donors (Lipinski definition) is 1. The van der Waals surface area contributed by atoms with E-state index < -0.39 is 5.82 Å². The minimum Gasteiger partial charge on any atom is -0.486 e. The second-order valence-corrected chi connectivity index (χ2v) is 3.78. The van der Waals surface area contributed by atoms with Gasteiger partial charge in [-0.3, -0.25) is 0 Å². The first-order chi connectivity index (χ1) is 8.74. The zero-order valence-electron chi connectivity index (χ0n) is 9.39. The lowest BCUT2D eigenvalue weighted by Gasteiger charge is -2.18. The van der Waals surface area contributed by atoms with Crippen LogP contribution >= 0.6 is 0 Å². The minimum atomic E-state index is -0.527. The molecule has 0 radical (unpaired) electrons. The summed E-state index contributed by atoms with van der Waals surface area (Å²) in [5.74, 6) is 0.727. The number of benzene rings is 1. The van der Waals surface area contributed by atoms with E-state index in [1.807, 2.05) is 0 Å². The van der Waals surface area contributed by atoms with E-state index in [1.165, 1.54) is 0 Å². The van der Waals surface area contributed by atoms with Crippen LogP contribution in [-0.4, -0.2) is 23.2 Å². The second-order valence-electron chi connectivity index (χ2n) is 3.78. The van der Waals surface area contributed by atoms with Crippen molar-refractivity contribution in [2.45, 2.75) is 0 Å². The molecule has 1 aliphatic rings. The van der Waals surface area contributed by atoms with Crippen LogP contribution in [0.25, 0.3) is 11.3 Å². The number of aromatic nitrogens is 2. The normalized spacial score (nSPS) is 13.4. The van der Waals surface area contributed by atoms with Crippen LogP contribution in [0.5, 0.6) is 11.5 Å². The Morgan fingerprint density at radius 2 is 1.94 bits per heavy atom. The summed E-state index contributed by atoms with van der Waals surface area (Å²) < 4.78 is 24.5. The van der Waals surface area contributed by atoms with E-state index in [1.54, 1.807) is 18.2 Å². The molecule has 0 unspecified atom stereocenters. The molecule has 6 heteroatoms. The summed E-state index contributed by atoms with van der Waals surface area (Å²) in [4.78, 5) is 7.48. The highest BCUT2D eigenvalue weighted by Crippen LogP contribution is 2.34. The third-order valence-electron chi connectivity index (χ3n) is 2.58. The van der Waals surface area contributed by atoms with Gasteiger partial charge in [0.15, 0.2) is 17.3 Å². The number of nitrogens with two attached hydrogens (primary N) is 1. The molecule has 0 spiro atoms. The van der Waals surface area contributed by atoms with Gasteiger partial charge in [0.1, 0.15) is 18.9 Å². The van der Waals surface area contributed by atoms with Crippen molar-refractivity contribution in [3.63, 3.8) is 0 Å². The van der Waals surface area contributed by atoms with Gasteiger partial charge in [-0.25, -0.2) is 14.4 Å². The Bertz CT molecular complexity index is 604. The average molecular weight is 247 g/mol. The van der Waals surface area contributed by atoms with Crippen molar-refractivity contribution in [3.05, 3.63) is 30.2 Å². The van der Waals surface area contributed by atoms with E-state index >= 15 is 0 Å². The van der Waals surface area contributed by atoms with Crippen LogP contribution in [0.4, 0.5) is 10.3 Å². The van der Waals surface area contributed by atoms with Gasteiger partial charge >= 0.3 is 0 Å². The molecule has 0 saturated heterocycles. The van der Waals surface area contributed by atoms with Crippen molar-refractivity contribution >= 4 is 5.95 Å². The van der Waals surface area contributed by atoms with E-state index in [4.69, 9.17) is 15.2 Å². The number of nitrogens with zero attached hydrogens (tertiary/aromatic N) is 2. The van der Waals surface area contributed by atoms with Crippen molar-refractivity contribution in [2.24, 2.45) is 0 Å². The number of halogens is 1. The van der Waals surface area contributed by atoms with E-state index in [0.717, 1.165) is 6.20 Å². The first-order valence-electron chi connectivity index (χ1n) is 5.42. The number of anilines is 1. The second kappa shape index (κ2) is 4.14. The molecule has 18 heavy (non-hydrogen) atoms. The average Bonchev–Trinajstić information content (AvgIpc) is 2.41. The monoisotopic (exact) mass is 247 g/mol. The Morgan fingerprint density at radius 1 is 1.17 bits per heavy atom. The van der Waals surface area contributed by atoms with Gasteiger partial charge in [-0.2, -0.15) is 0 Å². The van der Waals surface area contributed by atoms with Gasteiger partial charge in [-0.15, -0.1) is 0 Å². The number of ether oxygens (including phenoxy) is 2. The summed E-state index contributed by atoms with van der Waals surface area (Å²) in [6.07, 6.45) is 1.05. The summed E-state index contributed by atoms with van der Waals surface area (Å²) in [6, 6.07) is 5.11. The van der Waals surface area contributed by atoms with Crippen LogP contribution in [0.1, 0.15) is 0 Å². The summed E-state index contributed by atoms with van der Waals surface area (Å²) in [7, 11) is 0. The SMILES string of the molecule is Nc1ncc(F)c(-c2ccc3c(c2)OCCO3)n1. The molecule has 1 aromatic heterocycles. The Balaban J connectivity index is 2.09. The smallest absolute Gasteiger partial charge is 0.220 e. The van der Waals surface area contributed by atoms with E-state index in [-0.39, 0.29) is 11.6 Å². The van der Waals surface area contributed by atoms with E-state index in [2.05, 4.69) is 9.97 Å². The molecule has 0 bridgehead atoms. The van der Waals surface area contributed by atoms with Gasteiger partial charge in [0.25, 0.3) is 0 Å². The predicted molar refractivity (Wildman–Crippen MR) is 62.8 cm³/mol. The van der Waals surface area contributed by atoms with Crippen LogP contribution in [0.15, 0.2) is 24.4 Å². The molecule has 1 aliphatic heterocycles. The van der Waals surface area contributed by atoms with Gasteiger partial charge in [0.05, 0.1) is 6.20 Å². The Hall–Kier alpha value is -2.37. The molecule has 2 aromatic rings. The lowest BCUT2D eigenvalue weighted by Crippen LogP contribution is -2.15. The third-order valence-corrected chi connectivity index (χ3v) is 2.58. The molecule has 0 fully saturated rings. The fourth-order valence-corrected chi connectivity index (χ4v) is 1.77. The third kappa shape index (κ3) is 1.81. The number of rotatable bonds is 1. The van der Waals surface area contributed by atoms with Crippen molar-refractivity contribution in [2.75, 3.05) is 18.9 Å². The highest BCUT2D eigenvalue weighted by molar-refractivity contribution is 5.65. The molecule has 2 N–H and O–H groups in total. The summed E-state index contributed by atoms with van der Waals surface area (Å²) in [5.41, 5.74) is 6.18. The maximum atomic E-state index is 13.6. The van der Waals surface area contributed by atoms with Crippen molar-refractivity contribution < 1.29 is 13.9 Å². The van der Waals surface area contributed by atoms with Crippen molar-refractivity contribution in [1.82, 2.24) is 9.97 Å². The molecular formula is C12H10FN3O2. The highest BCUT2D eigenvalue weighted by Gasteiger charge is 2.15. The first kappa shape index (κ1) is 10.8. The maximum absolute atomic E-state index is 13.6. The van der Waals surface area contributed by atoms with Crippen LogP contribution in [0, 0.1) is 5.82 Å². The fourth-order valence-electron chi connectivity index (χ4n) is 1.77. The highest BCUT2D eigenvalue weighted by atomic mass is 19.1. The van der Waals surface area contributed by atoms with E-state index in [0.29, 0.717) is 30.3 Å². The molecule has 0 aliphatic carbocycles. The zero-order chi connectivity index (χ0) is 12.5. The topological polar surface area (TPSA) is 70.3 Å². The molecule has 0 saturated carbocycles. The molecule has 5 nitrogen and oxygen atoms in total. The summed E-state index contributed by atoms with van der Waals surface area (Å²) in [6.45, 7) is 0.992. The molecule has 2 heterocycles. The van der Waals surface area contributed by atoms with Gasteiger partial charge in [0.2, 0.25) is 5.95 Å². The Kier molecular flexibility index (Phi) is 2.47. The lowest BCUT2D eigenvalue weighted by atomic mass is 10.1. The van der Waals surface area contributed by atoms with Crippen LogP contribution in [0.2, 0.25) is 0 Å². The first-order valence-corrected chi connectivity index (χ1v) is 5.42. The minimum absolute atomic E-state index is 0.0290. The molecular weight excluding hydrogens is 237 g/mol. The quantitative estimate of drug-likeness (QED) is 0.829. The molecule has 3 rings (SSSR count). The Morgan fingerprint density at radius 3 is 2.78 bits per heavy atom. The van der Waals surface area contributed by atoms with Gasteiger partial charge in [-0.05, 0) is 18.2 Å². The predicted octanol–water partition coefficient (Wildman–Crippen LogP) is 1.64. The fraction of sp³-hybridized carbons (Fsp3) is 0.167. The van der Waals surface area contributed by atoms with Crippen LogP contribution in [0.3, 0.4) is 0 Å². The molecule has 0 atom stereocenters. The standard InChI is InChI=1S/C12H10FN3O2/c13-8-6-15-12(14)16-11(8)7-1-2-9-10(5-7)18-4-3-17-9/h1-2,5-6H,3-4H2,(H2,14,15,16). The molecule has 0 amide bonds. The summed E-state index contributed by atoms with van der Waals surface area (Å²) in [5, 5.41) is 0. The number of fused-ring (bicyclic) bond motifs is 1.